The molecular weight excluding hydrogens is 358 g/mol. The molecule has 0 bridgehead atoms. The van der Waals surface area contributed by atoms with E-state index in [0.29, 0.717) is 6.54 Å². The first kappa shape index (κ1) is 21.4. The van der Waals surface area contributed by atoms with Crippen molar-refractivity contribution in [3.05, 3.63) is 65.2 Å². The maximum absolute atomic E-state index is 13.3. The molecule has 0 spiro atoms. The number of likely N-dealkylation sites (tertiary alicyclic amines) is 1. The van der Waals surface area contributed by atoms with Gasteiger partial charge in [-0.25, -0.2) is 0 Å². The SMILES string of the molecule is Cc1ccc(C)c(NC(=O)C(c2ccccc2)N2CCC(C)(CN)C2)c1.Cl. The Labute approximate surface area is 168 Å². The molecule has 2 unspecified atom stereocenters. The van der Waals surface area contributed by atoms with E-state index in [4.69, 9.17) is 5.73 Å². The van der Waals surface area contributed by atoms with Gasteiger partial charge in [0.2, 0.25) is 5.91 Å². The Hall–Kier alpha value is -1.88. The van der Waals surface area contributed by atoms with Gasteiger partial charge in [0.25, 0.3) is 0 Å². The highest BCUT2D eigenvalue weighted by atomic mass is 35.5. The van der Waals surface area contributed by atoms with Crippen molar-refractivity contribution in [3.63, 3.8) is 0 Å². The molecule has 2 aromatic rings. The Morgan fingerprint density at radius 2 is 1.93 bits per heavy atom. The van der Waals surface area contributed by atoms with Crippen molar-refractivity contribution in [2.45, 2.75) is 33.2 Å². The van der Waals surface area contributed by atoms with Gasteiger partial charge in [-0.15, -0.1) is 12.4 Å². The number of amides is 1. The third kappa shape index (κ3) is 4.89. The summed E-state index contributed by atoms with van der Waals surface area (Å²) < 4.78 is 0. The molecule has 4 nitrogen and oxygen atoms in total. The van der Waals surface area contributed by atoms with Crippen LogP contribution in [0.4, 0.5) is 5.69 Å². The van der Waals surface area contributed by atoms with Crippen LogP contribution in [-0.4, -0.2) is 30.4 Å². The molecule has 3 N–H and O–H groups in total. The predicted molar refractivity (Wildman–Crippen MR) is 114 cm³/mol. The lowest BCUT2D eigenvalue weighted by molar-refractivity contribution is -0.121. The highest BCUT2D eigenvalue weighted by molar-refractivity contribution is 5.96. The summed E-state index contributed by atoms with van der Waals surface area (Å²) in [5, 5.41) is 3.16. The van der Waals surface area contributed by atoms with Crippen LogP contribution in [0.1, 0.15) is 36.1 Å². The fraction of sp³-hybridized carbons (Fsp3) is 0.409. The zero-order valence-corrected chi connectivity index (χ0v) is 17.2. The monoisotopic (exact) mass is 387 g/mol. The Balaban J connectivity index is 0.00000261. The van der Waals surface area contributed by atoms with Crippen LogP contribution in [-0.2, 0) is 4.79 Å². The van der Waals surface area contributed by atoms with Crippen molar-refractivity contribution in [1.82, 2.24) is 4.90 Å². The first-order valence-electron chi connectivity index (χ1n) is 9.29. The van der Waals surface area contributed by atoms with Crippen LogP contribution in [0.25, 0.3) is 0 Å². The molecule has 3 rings (SSSR count). The van der Waals surface area contributed by atoms with Crippen LogP contribution in [0, 0.1) is 19.3 Å². The zero-order chi connectivity index (χ0) is 18.7. The van der Waals surface area contributed by atoms with E-state index in [2.05, 4.69) is 23.2 Å². The number of hydrogen-bond acceptors (Lipinski definition) is 3. The number of aryl methyl sites for hydroxylation is 2. The second-order valence-electron chi connectivity index (χ2n) is 7.86. The number of halogens is 1. The van der Waals surface area contributed by atoms with Gasteiger partial charge in [-0.05, 0) is 61.5 Å². The van der Waals surface area contributed by atoms with E-state index in [0.717, 1.165) is 41.9 Å². The highest BCUT2D eigenvalue weighted by Gasteiger charge is 2.39. The van der Waals surface area contributed by atoms with E-state index in [1.165, 1.54) is 0 Å². The molecular formula is C22H30ClN3O. The molecule has 146 valence electrons. The maximum atomic E-state index is 13.3. The number of benzene rings is 2. The largest absolute Gasteiger partial charge is 0.330 e. The Morgan fingerprint density at radius 3 is 2.56 bits per heavy atom. The molecule has 0 radical (unpaired) electrons. The summed E-state index contributed by atoms with van der Waals surface area (Å²) in [4.78, 5) is 15.5. The van der Waals surface area contributed by atoms with Gasteiger partial charge >= 0.3 is 0 Å². The fourth-order valence-electron chi connectivity index (χ4n) is 3.68. The summed E-state index contributed by atoms with van der Waals surface area (Å²) in [7, 11) is 0. The summed E-state index contributed by atoms with van der Waals surface area (Å²) in [6, 6.07) is 15.9. The number of anilines is 1. The molecule has 1 amide bonds. The normalized spacial score (nSPS) is 20.7. The number of nitrogens with zero attached hydrogens (tertiary/aromatic N) is 1. The van der Waals surface area contributed by atoms with Crippen LogP contribution in [0.5, 0.6) is 0 Å². The first-order chi connectivity index (χ1) is 12.4. The van der Waals surface area contributed by atoms with E-state index in [1.54, 1.807) is 0 Å². The van der Waals surface area contributed by atoms with Crippen LogP contribution in [0.15, 0.2) is 48.5 Å². The van der Waals surface area contributed by atoms with Gasteiger partial charge in [0.15, 0.2) is 0 Å². The Morgan fingerprint density at radius 1 is 1.22 bits per heavy atom. The summed E-state index contributed by atoms with van der Waals surface area (Å²) >= 11 is 0. The molecule has 1 aliphatic rings. The molecule has 1 fully saturated rings. The average Bonchev–Trinajstić information content (AvgIpc) is 3.02. The molecule has 0 aliphatic carbocycles. The van der Waals surface area contributed by atoms with Gasteiger partial charge < -0.3 is 11.1 Å². The molecule has 5 heteroatoms. The fourth-order valence-corrected chi connectivity index (χ4v) is 3.68. The predicted octanol–water partition coefficient (Wildman–Crippen LogP) is 4.08. The maximum Gasteiger partial charge on any atom is 0.246 e. The molecule has 2 aromatic carbocycles. The van der Waals surface area contributed by atoms with E-state index in [9.17, 15) is 4.79 Å². The van der Waals surface area contributed by atoms with Gasteiger partial charge in [0, 0.05) is 12.2 Å². The number of nitrogens with two attached hydrogens (primary N) is 1. The minimum atomic E-state index is -0.301. The summed E-state index contributed by atoms with van der Waals surface area (Å²) in [6.45, 7) is 8.63. The number of carbonyl (C=O) groups excluding carboxylic acids is 1. The van der Waals surface area contributed by atoms with E-state index in [1.807, 2.05) is 56.3 Å². The number of rotatable bonds is 5. The minimum Gasteiger partial charge on any atom is -0.330 e. The van der Waals surface area contributed by atoms with Gasteiger partial charge in [0.1, 0.15) is 6.04 Å². The van der Waals surface area contributed by atoms with Gasteiger partial charge in [-0.1, -0.05) is 49.4 Å². The number of nitrogens with one attached hydrogen (secondary N) is 1. The van der Waals surface area contributed by atoms with E-state index in [-0.39, 0.29) is 29.8 Å². The van der Waals surface area contributed by atoms with E-state index < -0.39 is 0 Å². The van der Waals surface area contributed by atoms with Crippen molar-refractivity contribution in [3.8, 4) is 0 Å². The second-order valence-corrected chi connectivity index (χ2v) is 7.86. The smallest absolute Gasteiger partial charge is 0.246 e. The van der Waals surface area contributed by atoms with Gasteiger partial charge in [-0.3, -0.25) is 9.69 Å². The highest BCUT2D eigenvalue weighted by Crippen LogP contribution is 2.35. The summed E-state index contributed by atoms with van der Waals surface area (Å²) in [5.74, 6) is 0.0196. The standard InChI is InChI=1S/C22H29N3O.ClH/c1-16-9-10-17(2)19(13-16)24-21(26)20(18-7-5-4-6-8-18)25-12-11-22(3,14-23)15-25;/h4-10,13,20H,11-12,14-15,23H2,1-3H3,(H,24,26);1H. The lowest BCUT2D eigenvalue weighted by Crippen LogP contribution is -2.38. The first-order valence-corrected chi connectivity index (χ1v) is 9.29. The molecule has 0 saturated carbocycles. The van der Waals surface area contributed by atoms with Crippen LogP contribution in [0.2, 0.25) is 0 Å². The van der Waals surface area contributed by atoms with Gasteiger partial charge in [-0.2, -0.15) is 0 Å². The number of hydrogen-bond donors (Lipinski definition) is 2. The van der Waals surface area contributed by atoms with Crippen LogP contribution >= 0.6 is 12.4 Å². The van der Waals surface area contributed by atoms with Gasteiger partial charge in [0.05, 0.1) is 0 Å². The average molecular weight is 388 g/mol. The van der Waals surface area contributed by atoms with E-state index >= 15 is 0 Å². The molecule has 1 heterocycles. The third-order valence-electron chi connectivity index (χ3n) is 5.46. The lowest BCUT2D eigenvalue weighted by Gasteiger charge is -2.29. The summed E-state index contributed by atoms with van der Waals surface area (Å²) in [5.41, 5.74) is 10.2. The molecule has 1 saturated heterocycles. The number of carbonyl (C=O) groups is 1. The zero-order valence-electron chi connectivity index (χ0n) is 16.4. The van der Waals surface area contributed by atoms with Crippen molar-refractivity contribution in [2.24, 2.45) is 11.1 Å². The van der Waals surface area contributed by atoms with Crippen molar-refractivity contribution in [1.29, 1.82) is 0 Å². The van der Waals surface area contributed by atoms with Crippen molar-refractivity contribution >= 4 is 24.0 Å². The quantitative estimate of drug-likeness (QED) is 0.812. The second kappa shape index (κ2) is 8.87. The Bertz CT molecular complexity index is 780. The molecule has 1 aliphatic heterocycles. The third-order valence-corrected chi connectivity index (χ3v) is 5.46. The molecule has 2 atom stereocenters. The minimum absolute atomic E-state index is 0. The summed E-state index contributed by atoms with van der Waals surface area (Å²) in [6.07, 6.45) is 1.02. The Kier molecular flexibility index (Phi) is 7.04. The molecule has 27 heavy (non-hydrogen) atoms. The molecule has 0 aromatic heterocycles. The van der Waals surface area contributed by atoms with Crippen molar-refractivity contribution in [2.75, 3.05) is 25.0 Å². The van der Waals surface area contributed by atoms with Crippen molar-refractivity contribution < 1.29 is 4.79 Å². The van der Waals surface area contributed by atoms with Crippen LogP contribution < -0.4 is 11.1 Å². The van der Waals surface area contributed by atoms with Crippen LogP contribution in [0.3, 0.4) is 0 Å². The lowest BCUT2D eigenvalue weighted by atomic mass is 9.90. The topological polar surface area (TPSA) is 58.4 Å².